The molecule has 0 unspecified atom stereocenters. The van der Waals surface area contributed by atoms with Crippen LogP contribution in [0, 0.1) is 0 Å². The quantitative estimate of drug-likeness (QED) is 0.791. The summed E-state index contributed by atoms with van der Waals surface area (Å²) in [5, 5.41) is 0. The number of nitrogens with zero attached hydrogens (tertiary/aromatic N) is 1. The number of imide groups is 1. The lowest BCUT2D eigenvalue weighted by Gasteiger charge is -2.15. The van der Waals surface area contributed by atoms with Gasteiger partial charge in [0.2, 0.25) is 10.0 Å². The molecule has 2 amide bonds. The van der Waals surface area contributed by atoms with Crippen LogP contribution in [0.15, 0.2) is 48.5 Å². The third-order valence-corrected chi connectivity index (χ3v) is 5.58. The Morgan fingerprint density at radius 3 is 1.96 bits per heavy atom. The van der Waals surface area contributed by atoms with Crippen molar-refractivity contribution in [2.24, 2.45) is 0 Å². The van der Waals surface area contributed by atoms with Gasteiger partial charge in [0.1, 0.15) is 0 Å². The van der Waals surface area contributed by atoms with Crippen molar-refractivity contribution in [2.45, 2.75) is 19.8 Å². The second kappa shape index (κ2) is 6.92. The van der Waals surface area contributed by atoms with E-state index in [2.05, 4.69) is 18.6 Å². The van der Waals surface area contributed by atoms with Crippen molar-refractivity contribution in [3.05, 3.63) is 65.2 Å². The first-order chi connectivity index (χ1) is 12.3. The Labute approximate surface area is 152 Å². The number of amides is 2. The molecule has 1 aliphatic rings. The third-order valence-electron chi connectivity index (χ3n) is 4.31. The lowest BCUT2D eigenvalue weighted by molar-refractivity contribution is 0.0664. The number of hydrogen-bond acceptors (Lipinski definition) is 4. The fourth-order valence-corrected chi connectivity index (χ4v) is 3.84. The maximum atomic E-state index is 12.3. The van der Waals surface area contributed by atoms with Crippen LogP contribution in [0.2, 0.25) is 0 Å². The maximum Gasteiger partial charge on any atom is 0.261 e. The van der Waals surface area contributed by atoms with Crippen molar-refractivity contribution in [3.8, 4) is 0 Å². The molecule has 0 fully saturated rings. The van der Waals surface area contributed by atoms with E-state index < -0.39 is 21.8 Å². The standard InChI is InChI=1S/C19H20N2O4S/c1-13(2)14-7-9-15(10-8-14)20-26(24,25)12-11-21-18(22)16-5-3-4-6-17(16)19(21)23/h3-10,13,20H,11-12H2,1-2H3. The maximum absolute atomic E-state index is 12.3. The highest BCUT2D eigenvalue weighted by Gasteiger charge is 2.35. The third kappa shape index (κ3) is 3.62. The minimum absolute atomic E-state index is 0.189. The van der Waals surface area contributed by atoms with Crippen LogP contribution in [0.4, 0.5) is 5.69 Å². The van der Waals surface area contributed by atoms with Gasteiger partial charge in [-0.2, -0.15) is 0 Å². The van der Waals surface area contributed by atoms with Gasteiger partial charge in [0, 0.05) is 12.2 Å². The van der Waals surface area contributed by atoms with E-state index in [-0.39, 0.29) is 12.3 Å². The van der Waals surface area contributed by atoms with E-state index >= 15 is 0 Å². The first-order valence-electron chi connectivity index (χ1n) is 8.34. The van der Waals surface area contributed by atoms with Crippen LogP contribution in [0.25, 0.3) is 0 Å². The first kappa shape index (κ1) is 18.1. The van der Waals surface area contributed by atoms with Crippen LogP contribution in [-0.2, 0) is 10.0 Å². The lowest BCUT2D eigenvalue weighted by Crippen LogP contribution is -2.35. The van der Waals surface area contributed by atoms with Crippen molar-refractivity contribution in [3.63, 3.8) is 0 Å². The highest BCUT2D eigenvalue weighted by molar-refractivity contribution is 7.92. The summed E-state index contributed by atoms with van der Waals surface area (Å²) in [6.07, 6.45) is 0. The average Bonchev–Trinajstić information content (AvgIpc) is 2.85. The van der Waals surface area contributed by atoms with Gasteiger partial charge in [0.15, 0.2) is 0 Å². The SMILES string of the molecule is CC(C)c1ccc(NS(=O)(=O)CCN2C(=O)c3ccccc3C2=O)cc1. The molecule has 2 aromatic rings. The first-order valence-corrected chi connectivity index (χ1v) is 9.99. The number of benzene rings is 2. The predicted molar refractivity (Wildman–Crippen MR) is 99.7 cm³/mol. The van der Waals surface area contributed by atoms with Crippen LogP contribution in [-0.4, -0.2) is 37.4 Å². The Balaban J connectivity index is 1.66. The van der Waals surface area contributed by atoms with Crippen molar-refractivity contribution in [1.82, 2.24) is 4.90 Å². The molecule has 6 nitrogen and oxygen atoms in total. The summed E-state index contributed by atoms with van der Waals surface area (Å²) in [6.45, 7) is 3.92. The van der Waals surface area contributed by atoms with Crippen LogP contribution in [0.5, 0.6) is 0 Å². The summed E-state index contributed by atoms with van der Waals surface area (Å²) in [4.78, 5) is 25.5. The molecule has 1 N–H and O–H groups in total. The van der Waals surface area contributed by atoms with E-state index in [1.807, 2.05) is 12.1 Å². The van der Waals surface area contributed by atoms with E-state index in [9.17, 15) is 18.0 Å². The number of rotatable bonds is 6. The summed E-state index contributed by atoms with van der Waals surface area (Å²) in [5.41, 5.74) is 2.19. The number of fused-ring (bicyclic) bond motifs is 1. The second-order valence-electron chi connectivity index (χ2n) is 6.51. The van der Waals surface area contributed by atoms with Gasteiger partial charge in [0.25, 0.3) is 11.8 Å². The molecule has 3 rings (SSSR count). The molecule has 0 spiro atoms. The van der Waals surface area contributed by atoms with Crippen LogP contribution < -0.4 is 4.72 Å². The van der Waals surface area contributed by atoms with Crippen LogP contribution >= 0.6 is 0 Å². The molecule has 7 heteroatoms. The zero-order valence-electron chi connectivity index (χ0n) is 14.6. The fourth-order valence-electron chi connectivity index (χ4n) is 2.82. The Hall–Kier alpha value is -2.67. The number of sulfonamides is 1. The molecule has 0 aliphatic carbocycles. The molecule has 0 radical (unpaired) electrons. The zero-order chi connectivity index (χ0) is 18.9. The molecule has 0 atom stereocenters. The normalized spacial score (nSPS) is 14.0. The Bertz CT molecular complexity index is 915. The highest BCUT2D eigenvalue weighted by atomic mass is 32.2. The number of carbonyl (C=O) groups is 2. The Morgan fingerprint density at radius 1 is 0.923 bits per heavy atom. The van der Waals surface area contributed by atoms with E-state index in [0.717, 1.165) is 10.5 Å². The number of nitrogens with one attached hydrogen (secondary N) is 1. The van der Waals surface area contributed by atoms with Crippen LogP contribution in [0.1, 0.15) is 46.0 Å². The molecule has 1 aliphatic heterocycles. The topological polar surface area (TPSA) is 83.6 Å². The largest absolute Gasteiger partial charge is 0.284 e. The molecule has 2 aromatic carbocycles. The molecular weight excluding hydrogens is 352 g/mol. The summed E-state index contributed by atoms with van der Waals surface area (Å²) in [5.74, 6) is -0.914. The number of hydrogen-bond donors (Lipinski definition) is 1. The summed E-state index contributed by atoms with van der Waals surface area (Å²) in [6, 6.07) is 13.6. The monoisotopic (exact) mass is 372 g/mol. The molecule has 26 heavy (non-hydrogen) atoms. The fraction of sp³-hybridized carbons (Fsp3) is 0.263. The Morgan fingerprint density at radius 2 is 1.46 bits per heavy atom. The lowest BCUT2D eigenvalue weighted by atomic mass is 10.0. The van der Waals surface area contributed by atoms with E-state index in [1.165, 1.54) is 0 Å². The number of anilines is 1. The molecule has 0 saturated heterocycles. The van der Waals surface area contributed by atoms with E-state index in [4.69, 9.17) is 0 Å². The minimum Gasteiger partial charge on any atom is -0.284 e. The van der Waals surface area contributed by atoms with Crippen molar-refractivity contribution in [2.75, 3.05) is 17.0 Å². The van der Waals surface area contributed by atoms with Crippen LogP contribution in [0.3, 0.4) is 0 Å². The van der Waals surface area contributed by atoms with Crippen molar-refractivity contribution in [1.29, 1.82) is 0 Å². The average molecular weight is 372 g/mol. The van der Waals surface area contributed by atoms with E-state index in [1.54, 1.807) is 36.4 Å². The summed E-state index contributed by atoms with van der Waals surface area (Å²) in [7, 11) is -3.69. The number of carbonyl (C=O) groups excluding carboxylic acids is 2. The van der Waals surface area contributed by atoms with Gasteiger partial charge in [-0.25, -0.2) is 8.42 Å². The van der Waals surface area contributed by atoms with Gasteiger partial charge < -0.3 is 0 Å². The smallest absolute Gasteiger partial charge is 0.261 e. The summed E-state index contributed by atoms with van der Waals surface area (Å²) >= 11 is 0. The van der Waals surface area contributed by atoms with Gasteiger partial charge >= 0.3 is 0 Å². The highest BCUT2D eigenvalue weighted by Crippen LogP contribution is 2.22. The van der Waals surface area contributed by atoms with Gasteiger partial charge in [-0.15, -0.1) is 0 Å². The Kier molecular flexibility index (Phi) is 4.82. The summed E-state index contributed by atoms with van der Waals surface area (Å²) < 4.78 is 27.1. The van der Waals surface area contributed by atoms with Gasteiger partial charge in [0.05, 0.1) is 16.9 Å². The zero-order valence-corrected chi connectivity index (χ0v) is 15.4. The second-order valence-corrected chi connectivity index (χ2v) is 8.35. The van der Waals surface area contributed by atoms with Gasteiger partial charge in [-0.05, 0) is 35.7 Å². The molecular formula is C19H20N2O4S. The molecule has 0 aromatic heterocycles. The molecule has 0 bridgehead atoms. The minimum atomic E-state index is -3.69. The van der Waals surface area contributed by atoms with Gasteiger partial charge in [-0.1, -0.05) is 38.1 Å². The van der Waals surface area contributed by atoms with E-state index in [0.29, 0.717) is 22.7 Å². The molecule has 136 valence electrons. The molecule has 1 heterocycles. The molecule has 0 saturated carbocycles. The van der Waals surface area contributed by atoms with Gasteiger partial charge in [-0.3, -0.25) is 19.2 Å². The predicted octanol–water partition coefficient (Wildman–Crippen LogP) is 2.85. The van der Waals surface area contributed by atoms with Crippen molar-refractivity contribution < 1.29 is 18.0 Å². The van der Waals surface area contributed by atoms with Crippen molar-refractivity contribution >= 4 is 27.5 Å².